The Labute approximate surface area is 176 Å². The third-order valence-corrected chi connectivity index (χ3v) is 19.5. The van der Waals surface area contributed by atoms with Crippen molar-refractivity contribution in [1.29, 1.82) is 0 Å². The molecule has 0 aliphatic heterocycles. The third-order valence-electron chi connectivity index (χ3n) is 6.67. The van der Waals surface area contributed by atoms with E-state index in [1.165, 1.54) is 44.3 Å². The zero-order chi connectivity index (χ0) is 19.0. The Balaban J connectivity index is 1.55. The van der Waals surface area contributed by atoms with E-state index in [4.69, 9.17) is 0 Å². The molecule has 5 rings (SSSR count). The number of allylic oxidation sites excluding steroid dienone is 1. The minimum atomic E-state index is -2.13. The maximum absolute atomic E-state index is 2.60. The fraction of sp³-hybridized carbons (Fsp3) is 0.259. The van der Waals surface area contributed by atoms with Gasteiger partial charge in [0.1, 0.15) is 0 Å². The van der Waals surface area contributed by atoms with Gasteiger partial charge in [0.15, 0.2) is 0 Å². The van der Waals surface area contributed by atoms with Gasteiger partial charge in [0.25, 0.3) is 0 Å². The van der Waals surface area contributed by atoms with E-state index in [-0.39, 0.29) is 0 Å². The summed E-state index contributed by atoms with van der Waals surface area (Å²) >= 11 is -2.13. The Morgan fingerprint density at radius 1 is 0.786 bits per heavy atom. The molecule has 139 valence electrons. The van der Waals surface area contributed by atoms with E-state index < -0.39 is 21.4 Å². The summed E-state index contributed by atoms with van der Waals surface area (Å²) in [6.07, 6.45) is 8.90. The zero-order valence-electron chi connectivity index (χ0n) is 16.6. The molecule has 2 aliphatic carbocycles. The molecule has 3 aromatic rings. The Morgan fingerprint density at radius 3 is 1.96 bits per heavy atom. The number of hydrogen-bond acceptors (Lipinski definition) is 0. The van der Waals surface area contributed by atoms with Crippen LogP contribution in [0.25, 0.3) is 6.08 Å². The van der Waals surface area contributed by atoms with Crippen molar-refractivity contribution in [3.05, 3.63) is 112 Å². The maximum atomic E-state index is 2.60. The molecule has 0 saturated heterocycles. The van der Waals surface area contributed by atoms with E-state index in [2.05, 4.69) is 91.9 Å². The molecule has 0 N–H and O–H groups in total. The molecule has 1 atom stereocenters. The molecule has 1 heteroatoms. The molecule has 1 unspecified atom stereocenters. The molecular weight excluding hydrogens is 503 g/mol. The van der Waals surface area contributed by atoms with Gasteiger partial charge in [-0.15, -0.1) is 0 Å². The molecule has 0 bridgehead atoms. The van der Waals surface area contributed by atoms with Crippen molar-refractivity contribution < 1.29 is 21.4 Å². The van der Waals surface area contributed by atoms with Crippen molar-refractivity contribution in [2.24, 2.45) is 0 Å². The predicted octanol–water partition coefficient (Wildman–Crippen LogP) is 6.44. The van der Waals surface area contributed by atoms with Gasteiger partial charge in [-0.1, -0.05) is 0 Å². The van der Waals surface area contributed by atoms with E-state index in [1.807, 2.05) is 0 Å². The standard InChI is InChI=1S/C13H13.2C7H7.Hf/c1-9-5-6-12-7-10-3-2-4-11(10)8-13(9)12;2*1-7-5-3-2-4-6-7;/h5-8H,2-4H2,1H3;2*2-6H,1H2;. The topological polar surface area (TPSA) is 0 Å². The molecule has 0 radical (unpaired) electrons. The summed E-state index contributed by atoms with van der Waals surface area (Å²) in [7, 11) is 0. The Bertz CT molecular complexity index is 962. The summed E-state index contributed by atoms with van der Waals surface area (Å²) in [5.74, 6) is 0. The van der Waals surface area contributed by atoms with E-state index in [9.17, 15) is 0 Å². The van der Waals surface area contributed by atoms with Gasteiger partial charge in [-0.2, -0.15) is 0 Å². The van der Waals surface area contributed by atoms with Crippen molar-refractivity contribution in [2.75, 3.05) is 0 Å². The normalized spacial score (nSPS) is 19.5. The molecule has 0 spiro atoms. The Morgan fingerprint density at radius 2 is 1.36 bits per heavy atom. The van der Waals surface area contributed by atoms with Crippen LogP contribution in [0.2, 0.25) is 0 Å². The van der Waals surface area contributed by atoms with Gasteiger partial charge in [0.05, 0.1) is 0 Å². The molecule has 0 aromatic heterocycles. The minimum absolute atomic E-state index is 0.295. The fourth-order valence-electron chi connectivity index (χ4n) is 5.00. The van der Waals surface area contributed by atoms with Crippen LogP contribution in [-0.2, 0) is 45.8 Å². The van der Waals surface area contributed by atoms with E-state index in [0.29, 0.717) is 3.17 Å². The van der Waals surface area contributed by atoms with Crippen LogP contribution in [0, 0.1) is 0 Å². The number of fused-ring (bicyclic) bond motifs is 2. The zero-order valence-corrected chi connectivity index (χ0v) is 20.2. The van der Waals surface area contributed by atoms with E-state index in [1.54, 1.807) is 16.7 Å². The van der Waals surface area contributed by atoms with Crippen LogP contribution in [0.5, 0.6) is 0 Å². The second-order valence-corrected chi connectivity index (χ2v) is 19.1. The van der Waals surface area contributed by atoms with Crippen LogP contribution in [0.1, 0.15) is 46.7 Å². The predicted molar refractivity (Wildman–Crippen MR) is 115 cm³/mol. The van der Waals surface area contributed by atoms with E-state index >= 15 is 0 Å². The Kier molecular flexibility index (Phi) is 4.97. The number of benzene rings is 3. The van der Waals surface area contributed by atoms with Gasteiger partial charge in [-0.3, -0.25) is 0 Å². The van der Waals surface area contributed by atoms with Crippen LogP contribution < -0.4 is 0 Å². The molecule has 0 saturated carbocycles. The number of rotatable bonds is 5. The number of aryl methyl sites for hydroxylation is 2. The summed E-state index contributed by atoms with van der Waals surface area (Å²) in [6.45, 7) is 2.56. The summed E-state index contributed by atoms with van der Waals surface area (Å²) in [5, 5.41) is 0. The van der Waals surface area contributed by atoms with Crippen LogP contribution in [0.3, 0.4) is 0 Å². The molecule has 2 aliphatic rings. The van der Waals surface area contributed by atoms with Crippen molar-refractivity contribution in [3.8, 4) is 0 Å². The second-order valence-electron chi connectivity index (χ2n) is 8.53. The molecule has 28 heavy (non-hydrogen) atoms. The average Bonchev–Trinajstić information content (AvgIpc) is 3.32. The van der Waals surface area contributed by atoms with Crippen LogP contribution in [0.15, 0.2) is 78.9 Å². The first-order chi connectivity index (χ1) is 13.7. The summed E-state index contributed by atoms with van der Waals surface area (Å²) < 4.78 is 2.93. The fourth-order valence-corrected chi connectivity index (χ4v) is 16.6. The van der Waals surface area contributed by atoms with Crippen molar-refractivity contribution in [2.45, 2.75) is 37.7 Å². The number of hydrogen-bond donors (Lipinski definition) is 0. The molecule has 0 nitrogen and oxygen atoms in total. The molecule has 0 heterocycles. The van der Waals surface area contributed by atoms with Crippen molar-refractivity contribution in [3.63, 3.8) is 0 Å². The van der Waals surface area contributed by atoms with Crippen LogP contribution in [-0.4, -0.2) is 0 Å². The third kappa shape index (κ3) is 3.39. The molecular formula is C27H27Hf. The van der Waals surface area contributed by atoms with Crippen molar-refractivity contribution >= 4 is 6.08 Å². The van der Waals surface area contributed by atoms with Crippen molar-refractivity contribution in [1.82, 2.24) is 0 Å². The van der Waals surface area contributed by atoms with Gasteiger partial charge in [-0.05, 0) is 0 Å². The van der Waals surface area contributed by atoms with Gasteiger partial charge < -0.3 is 0 Å². The van der Waals surface area contributed by atoms with Gasteiger partial charge in [-0.25, -0.2) is 0 Å². The summed E-state index contributed by atoms with van der Waals surface area (Å²) in [4.78, 5) is 0. The van der Waals surface area contributed by atoms with Crippen LogP contribution >= 0.6 is 0 Å². The van der Waals surface area contributed by atoms with Crippen LogP contribution in [0.4, 0.5) is 0 Å². The van der Waals surface area contributed by atoms with E-state index in [0.717, 1.165) is 0 Å². The Hall–Kier alpha value is -1.73. The molecule has 0 amide bonds. The second kappa shape index (κ2) is 7.60. The summed E-state index contributed by atoms with van der Waals surface area (Å²) in [5.41, 5.74) is 9.44. The summed E-state index contributed by atoms with van der Waals surface area (Å²) in [6, 6.07) is 27.5. The average molecular weight is 530 g/mol. The monoisotopic (exact) mass is 531 g/mol. The molecule has 0 fully saturated rings. The SMILES string of the molecule is C[C]1([Hf]([CH2]c2ccccc2)[CH2]c2ccccc2)C=Cc2cc3c(cc21)CCC3. The van der Waals surface area contributed by atoms with Gasteiger partial charge in [0.2, 0.25) is 0 Å². The quantitative estimate of drug-likeness (QED) is 0.334. The molecule has 3 aromatic carbocycles. The first kappa shape index (κ1) is 18.3. The first-order valence-corrected chi connectivity index (χ1v) is 17.4. The van der Waals surface area contributed by atoms with Gasteiger partial charge in [0, 0.05) is 0 Å². The first-order valence-electron chi connectivity index (χ1n) is 10.5. The van der Waals surface area contributed by atoms with Gasteiger partial charge >= 0.3 is 177 Å².